The number of amides is 1. The highest BCUT2D eigenvalue weighted by Gasteiger charge is 2.34. The van der Waals surface area contributed by atoms with E-state index < -0.39 is 5.63 Å². The SMILES string of the molecule is CCCc1cc(=O)oc2cc(OCC(=O)N3N=C(c4ccco4)CC3c3cccs3)ccc12. The molecule has 1 unspecified atom stereocenters. The molecule has 4 heterocycles. The van der Waals surface area contributed by atoms with Gasteiger partial charge in [0.25, 0.3) is 5.91 Å². The maximum atomic E-state index is 13.1. The van der Waals surface area contributed by atoms with Gasteiger partial charge in [0.2, 0.25) is 0 Å². The van der Waals surface area contributed by atoms with E-state index in [2.05, 4.69) is 12.0 Å². The second-order valence-electron chi connectivity index (χ2n) is 7.78. The van der Waals surface area contributed by atoms with Gasteiger partial charge in [-0.25, -0.2) is 9.80 Å². The molecule has 3 aromatic heterocycles. The molecule has 0 saturated carbocycles. The fourth-order valence-corrected chi connectivity index (χ4v) is 4.83. The predicted molar refractivity (Wildman–Crippen MR) is 126 cm³/mol. The van der Waals surface area contributed by atoms with Crippen molar-refractivity contribution in [2.45, 2.75) is 32.2 Å². The summed E-state index contributed by atoms with van der Waals surface area (Å²) in [4.78, 5) is 26.1. The number of aryl methyl sites for hydroxylation is 1. The number of carbonyl (C=O) groups is 1. The number of rotatable bonds is 7. The second kappa shape index (κ2) is 9.07. The lowest BCUT2D eigenvalue weighted by Crippen LogP contribution is -2.31. The van der Waals surface area contributed by atoms with Crippen molar-refractivity contribution in [2.75, 3.05) is 6.61 Å². The Morgan fingerprint density at radius 2 is 2.15 bits per heavy atom. The van der Waals surface area contributed by atoms with Crippen molar-refractivity contribution >= 4 is 33.9 Å². The van der Waals surface area contributed by atoms with Crippen LogP contribution < -0.4 is 10.4 Å². The second-order valence-corrected chi connectivity index (χ2v) is 8.76. The maximum Gasteiger partial charge on any atom is 0.336 e. The molecule has 1 atom stereocenters. The molecule has 33 heavy (non-hydrogen) atoms. The summed E-state index contributed by atoms with van der Waals surface area (Å²) >= 11 is 1.58. The molecule has 0 saturated heterocycles. The molecule has 0 radical (unpaired) electrons. The van der Waals surface area contributed by atoms with E-state index in [4.69, 9.17) is 13.6 Å². The smallest absolute Gasteiger partial charge is 0.336 e. The Bertz CT molecular complexity index is 1360. The molecule has 0 fully saturated rings. The highest BCUT2D eigenvalue weighted by Crippen LogP contribution is 2.35. The molecule has 0 bridgehead atoms. The summed E-state index contributed by atoms with van der Waals surface area (Å²) in [6, 6.07) is 14.2. The lowest BCUT2D eigenvalue weighted by Gasteiger charge is -2.20. The molecular weight excluding hydrogens is 440 g/mol. The summed E-state index contributed by atoms with van der Waals surface area (Å²) in [6.45, 7) is 1.87. The predicted octanol–water partition coefficient (Wildman–Crippen LogP) is 5.16. The Balaban J connectivity index is 1.36. The minimum Gasteiger partial charge on any atom is -0.484 e. The van der Waals surface area contributed by atoms with Gasteiger partial charge in [-0.15, -0.1) is 11.3 Å². The Morgan fingerprint density at radius 1 is 1.24 bits per heavy atom. The number of hydrogen-bond acceptors (Lipinski definition) is 7. The molecule has 5 rings (SSSR count). The van der Waals surface area contributed by atoms with Crippen molar-refractivity contribution < 1.29 is 18.4 Å². The summed E-state index contributed by atoms with van der Waals surface area (Å²) in [7, 11) is 0. The van der Waals surface area contributed by atoms with Gasteiger partial charge in [-0.1, -0.05) is 19.4 Å². The van der Waals surface area contributed by atoms with Gasteiger partial charge in [-0.3, -0.25) is 4.79 Å². The molecule has 0 N–H and O–H groups in total. The van der Waals surface area contributed by atoms with E-state index in [-0.39, 0.29) is 18.6 Å². The van der Waals surface area contributed by atoms with Crippen LogP contribution in [0.2, 0.25) is 0 Å². The van der Waals surface area contributed by atoms with Crippen LogP contribution in [0.15, 0.2) is 78.9 Å². The van der Waals surface area contributed by atoms with Crippen LogP contribution in [0.5, 0.6) is 5.75 Å². The van der Waals surface area contributed by atoms with Gasteiger partial charge in [-0.2, -0.15) is 5.10 Å². The number of thiophene rings is 1. The first-order chi connectivity index (χ1) is 16.1. The van der Waals surface area contributed by atoms with Crippen molar-refractivity contribution in [2.24, 2.45) is 5.10 Å². The van der Waals surface area contributed by atoms with Crippen molar-refractivity contribution in [1.29, 1.82) is 0 Å². The van der Waals surface area contributed by atoms with Gasteiger partial charge in [-0.05, 0) is 47.7 Å². The Kier molecular flexibility index (Phi) is 5.83. The lowest BCUT2D eigenvalue weighted by molar-refractivity contribution is -0.135. The Labute approximate surface area is 193 Å². The van der Waals surface area contributed by atoms with Crippen LogP contribution in [-0.4, -0.2) is 23.2 Å². The Hall–Kier alpha value is -3.65. The molecule has 168 valence electrons. The quantitative estimate of drug-likeness (QED) is 0.354. The number of hydrogen-bond donors (Lipinski definition) is 0. The molecule has 1 amide bonds. The first-order valence-corrected chi connectivity index (χ1v) is 11.7. The van der Waals surface area contributed by atoms with Crippen molar-refractivity contribution in [3.8, 4) is 5.75 Å². The first-order valence-electron chi connectivity index (χ1n) is 10.8. The topological polar surface area (TPSA) is 85.2 Å². The van der Waals surface area contributed by atoms with E-state index >= 15 is 0 Å². The van der Waals surface area contributed by atoms with Crippen LogP contribution in [0.4, 0.5) is 0 Å². The molecule has 7 nitrogen and oxygen atoms in total. The van der Waals surface area contributed by atoms with Crippen LogP contribution >= 0.6 is 11.3 Å². The minimum atomic E-state index is -0.394. The van der Waals surface area contributed by atoms with E-state index in [0.29, 0.717) is 23.5 Å². The number of carbonyl (C=O) groups excluding carboxylic acids is 1. The van der Waals surface area contributed by atoms with Gasteiger partial charge in [0.05, 0.1) is 12.3 Å². The Morgan fingerprint density at radius 3 is 2.91 bits per heavy atom. The number of furan rings is 1. The van der Waals surface area contributed by atoms with Gasteiger partial charge in [0.1, 0.15) is 22.8 Å². The van der Waals surface area contributed by atoms with Gasteiger partial charge < -0.3 is 13.6 Å². The van der Waals surface area contributed by atoms with Gasteiger partial charge >= 0.3 is 5.63 Å². The number of fused-ring (bicyclic) bond motifs is 1. The molecule has 4 aromatic rings. The zero-order valence-corrected chi connectivity index (χ0v) is 18.8. The average Bonchev–Trinajstić information content (AvgIpc) is 3.58. The number of ether oxygens (including phenoxy) is 1. The summed E-state index contributed by atoms with van der Waals surface area (Å²) in [6.07, 6.45) is 3.87. The third kappa shape index (κ3) is 4.34. The summed E-state index contributed by atoms with van der Waals surface area (Å²) in [5.41, 5.74) is 1.73. The standard InChI is InChI=1S/C25H22N2O5S/c1-2-5-16-12-25(29)32-22-13-17(8-9-18(16)22)31-15-24(28)27-20(23-7-4-11-33-23)14-19(26-27)21-6-3-10-30-21/h3-4,6-13,20H,2,5,14-15H2,1H3. The average molecular weight is 463 g/mol. The van der Waals surface area contributed by atoms with Crippen molar-refractivity contribution in [1.82, 2.24) is 5.01 Å². The van der Waals surface area contributed by atoms with E-state index in [1.807, 2.05) is 29.6 Å². The fraction of sp³-hybridized carbons (Fsp3) is 0.240. The number of nitrogens with zero attached hydrogens (tertiary/aromatic N) is 2. The minimum absolute atomic E-state index is 0.193. The third-order valence-corrected chi connectivity index (χ3v) is 6.50. The van der Waals surface area contributed by atoms with Gasteiger partial charge in [0.15, 0.2) is 6.61 Å². The van der Waals surface area contributed by atoms with Gasteiger partial charge in [0, 0.05) is 28.8 Å². The molecule has 0 aliphatic carbocycles. The maximum absolute atomic E-state index is 13.1. The van der Waals surface area contributed by atoms with E-state index in [1.165, 1.54) is 11.1 Å². The number of benzene rings is 1. The van der Waals surface area contributed by atoms with Crippen LogP contribution in [0.25, 0.3) is 11.0 Å². The summed E-state index contributed by atoms with van der Waals surface area (Å²) in [5, 5.41) is 8.88. The monoisotopic (exact) mass is 462 g/mol. The van der Waals surface area contributed by atoms with E-state index in [1.54, 1.807) is 35.8 Å². The van der Waals surface area contributed by atoms with Crippen molar-refractivity contribution in [3.63, 3.8) is 0 Å². The zero-order valence-electron chi connectivity index (χ0n) is 18.0. The molecule has 1 aliphatic heterocycles. The molecule has 8 heteroatoms. The highest BCUT2D eigenvalue weighted by atomic mass is 32.1. The van der Waals surface area contributed by atoms with Crippen molar-refractivity contribution in [3.05, 3.63) is 86.8 Å². The van der Waals surface area contributed by atoms with Crippen LogP contribution in [-0.2, 0) is 11.2 Å². The molecule has 1 aliphatic rings. The largest absolute Gasteiger partial charge is 0.484 e. The number of hydrazone groups is 1. The summed E-state index contributed by atoms with van der Waals surface area (Å²) < 4.78 is 16.6. The van der Waals surface area contributed by atoms with Crippen LogP contribution in [0.1, 0.15) is 42.0 Å². The first kappa shape index (κ1) is 21.2. The third-order valence-electron chi connectivity index (χ3n) is 5.53. The molecule has 0 spiro atoms. The highest BCUT2D eigenvalue weighted by molar-refractivity contribution is 7.10. The van der Waals surface area contributed by atoms with Crippen LogP contribution in [0, 0.1) is 0 Å². The summed E-state index contributed by atoms with van der Waals surface area (Å²) in [5.74, 6) is 0.839. The van der Waals surface area contributed by atoms with Crippen LogP contribution in [0.3, 0.4) is 0 Å². The van der Waals surface area contributed by atoms with E-state index in [0.717, 1.165) is 34.4 Å². The molecular formula is C25H22N2O5S. The lowest BCUT2D eigenvalue weighted by atomic mass is 10.1. The zero-order chi connectivity index (χ0) is 22.8. The fourth-order valence-electron chi connectivity index (χ4n) is 4.02. The van der Waals surface area contributed by atoms with E-state index in [9.17, 15) is 9.59 Å². The normalized spacial score (nSPS) is 15.7. The molecule has 1 aromatic carbocycles.